The fourth-order valence-electron chi connectivity index (χ4n) is 3.05. The van der Waals surface area contributed by atoms with Crippen LogP contribution >= 0.6 is 0 Å². The predicted octanol–water partition coefficient (Wildman–Crippen LogP) is 2.63. The number of nitro benzene ring substituents is 1. The average molecular weight is 261 g/mol. The Morgan fingerprint density at radius 2 is 2.11 bits per heavy atom. The number of nitrogens with one attached hydrogen (secondary N) is 1. The minimum Gasteiger partial charge on any atom is -0.375 e. The second-order valence-electron chi connectivity index (χ2n) is 5.63. The first-order valence-electron chi connectivity index (χ1n) is 6.91. The van der Waals surface area contributed by atoms with Crippen molar-refractivity contribution in [3.8, 4) is 0 Å². The van der Waals surface area contributed by atoms with Crippen LogP contribution in [-0.2, 0) is 0 Å². The summed E-state index contributed by atoms with van der Waals surface area (Å²) in [6, 6.07) is 8.54. The molecule has 5 heteroatoms. The summed E-state index contributed by atoms with van der Waals surface area (Å²) < 4.78 is 0. The Morgan fingerprint density at radius 1 is 1.37 bits per heavy atom. The zero-order chi connectivity index (χ0) is 13.4. The maximum atomic E-state index is 11.0. The third-order valence-corrected chi connectivity index (χ3v) is 4.10. The number of anilines is 1. The summed E-state index contributed by atoms with van der Waals surface area (Å²) in [5.74, 6) is 0. The van der Waals surface area contributed by atoms with Gasteiger partial charge in [-0.2, -0.15) is 0 Å². The van der Waals surface area contributed by atoms with Crippen LogP contribution < -0.4 is 5.32 Å². The van der Waals surface area contributed by atoms with Gasteiger partial charge in [-0.3, -0.25) is 15.0 Å². The molecule has 1 saturated carbocycles. The lowest BCUT2D eigenvalue weighted by molar-refractivity contribution is -0.384. The van der Waals surface area contributed by atoms with Gasteiger partial charge in [-0.15, -0.1) is 0 Å². The molecule has 1 N–H and O–H groups in total. The number of nitrogens with zero attached hydrogens (tertiary/aromatic N) is 2. The highest BCUT2D eigenvalue weighted by molar-refractivity contribution is 5.61. The van der Waals surface area contributed by atoms with Gasteiger partial charge in [0.25, 0.3) is 5.69 Å². The summed E-state index contributed by atoms with van der Waals surface area (Å²) in [5.41, 5.74) is 0.808. The van der Waals surface area contributed by atoms with Crippen molar-refractivity contribution in [3.05, 3.63) is 34.4 Å². The van der Waals surface area contributed by atoms with Gasteiger partial charge in [0.2, 0.25) is 0 Å². The summed E-state index contributed by atoms with van der Waals surface area (Å²) >= 11 is 0. The molecule has 1 aliphatic carbocycles. The van der Waals surface area contributed by atoms with Crippen molar-refractivity contribution < 1.29 is 4.92 Å². The lowest BCUT2D eigenvalue weighted by atomic mass is 10.1. The van der Waals surface area contributed by atoms with Crippen molar-refractivity contribution in [2.24, 2.45) is 0 Å². The standard InChI is InChI=1S/C14H19N3O2/c1-10-8-11(9-16(10)12-6-7-12)15-13-4-2-3-5-14(13)17(18)19/h2-5,10-12,15H,6-9H2,1H3. The third-order valence-electron chi connectivity index (χ3n) is 4.10. The highest BCUT2D eigenvalue weighted by Crippen LogP contribution is 2.35. The lowest BCUT2D eigenvalue weighted by Crippen LogP contribution is -2.31. The summed E-state index contributed by atoms with van der Waals surface area (Å²) in [6.07, 6.45) is 3.67. The Balaban J connectivity index is 1.70. The summed E-state index contributed by atoms with van der Waals surface area (Å²) in [5, 5.41) is 14.3. The van der Waals surface area contributed by atoms with Crippen LogP contribution in [0.15, 0.2) is 24.3 Å². The molecule has 0 bridgehead atoms. The average Bonchev–Trinajstić information content (AvgIpc) is 3.15. The first-order valence-corrected chi connectivity index (χ1v) is 6.91. The monoisotopic (exact) mass is 261 g/mol. The van der Waals surface area contributed by atoms with Crippen molar-refractivity contribution >= 4 is 11.4 Å². The zero-order valence-corrected chi connectivity index (χ0v) is 11.1. The molecule has 0 radical (unpaired) electrons. The first kappa shape index (κ1) is 12.4. The van der Waals surface area contributed by atoms with E-state index >= 15 is 0 Å². The highest BCUT2D eigenvalue weighted by atomic mass is 16.6. The number of likely N-dealkylation sites (tertiary alicyclic amines) is 1. The van der Waals surface area contributed by atoms with Gasteiger partial charge < -0.3 is 5.32 Å². The van der Waals surface area contributed by atoms with Crippen molar-refractivity contribution in [3.63, 3.8) is 0 Å². The van der Waals surface area contributed by atoms with Crippen LogP contribution in [-0.4, -0.2) is 34.5 Å². The van der Waals surface area contributed by atoms with Crippen LogP contribution in [0.1, 0.15) is 26.2 Å². The molecule has 1 aliphatic heterocycles. The molecular weight excluding hydrogens is 242 g/mol. The van der Waals surface area contributed by atoms with Gasteiger partial charge >= 0.3 is 0 Å². The smallest absolute Gasteiger partial charge is 0.292 e. The number of nitro groups is 1. The third kappa shape index (κ3) is 2.56. The van der Waals surface area contributed by atoms with Gasteiger partial charge in [0.05, 0.1) is 4.92 Å². The highest BCUT2D eigenvalue weighted by Gasteiger charge is 2.39. The SMILES string of the molecule is CC1CC(Nc2ccccc2[N+](=O)[O-])CN1C1CC1. The van der Waals surface area contributed by atoms with Crippen LogP contribution in [0.2, 0.25) is 0 Å². The van der Waals surface area contributed by atoms with Gasteiger partial charge in [0.1, 0.15) is 5.69 Å². The molecule has 1 aromatic carbocycles. The Bertz CT molecular complexity index is 487. The number of para-hydroxylation sites is 2. The Morgan fingerprint density at radius 3 is 2.79 bits per heavy atom. The van der Waals surface area contributed by atoms with Crippen LogP contribution in [0.5, 0.6) is 0 Å². The van der Waals surface area contributed by atoms with Crippen molar-refractivity contribution in [1.29, 1.82) is 0 Å². The maximum absolute atomic E-state index is 11.0. The van der Waals surface area contributed by atoms with E-state index in [1.807, 2.05) is 6.07 Å². The summed E-state index contributed by atoms with van der Waals surface area (Å²) in [6.45, 7) is 3.25. The molecule has 2 unspecified atom stereocenters. The number of hydrogen-bond acceptors (Lipinski definition) is 4. The number of benzene rings is 1. The molecule has 1 heterocycles. The second kappa shape index (κ2) is 4.81. The molecule has 0 aromatic heterocycles. The molecular formula is C14H19N3O2. The molecule has 2 fully saturated rings. The molecule has 2 aliphatic rings. The van der Waals surface area contributed by atoms with E-state index in [0.29, 0.717) is 17.8 Å². The molecule has 19 heavy (non-hydrogen) atoms. The van der Waals surface area contributed by atoms with Crippen molar-refractivity contribution in [2.45, 2.75) is 44.3 Å². The van der Waals surface area contributed by atoms with Crippen LogP contribution in [0, 0.1) is 10.1 Å². The molecule has 102 valence electrons. The van der Waals surface area contributed by atoms with Gasteiger partial charge in [0, 0.05) is 30.7 Å². The predicted molar refractivity (Wildman–Crippen MR) is 74.3 cm³/mol. The minimum atomic E-state index is -0.320. The fraction of sp³-hybridized carbons (Fsp3) is 0.571. The van der Waals surface area contributed by atoms with E-state index in [2.05, 4.69) is 17.1 Å². The lowest BCUT2D eigenvalue weighted by Gasteiger charge is -2.19. The summed E-state index contributed by atoms with van der Waals surface area (Å²) in [4.78, 5) is 13.2. The molecule has 3 rings (SSSR count). The number of rotatable bonds is 4. The van der Waals surface area contributed by atoms with Crippen molar-refractivity contribution in [2.75, 3.05) is 11.9 Å². The van der Waals surface area contributed by atoms with E-state index in [-0.39, 0.29) is 10.6 Å². The maximum Gasteiger partial charge on any atom is 0.292 e. The minimum absolute atomic E-state index is 0.167. The molecule has 5 nitrogen and oxygen atoms in total. The van der Waals surface area contributed by atoms with E-state index in [1.165, 1.54) is 12.8 Å². The van der Waals surface area contributed by atoms with E-state index < -0.39 is 0 Å². The van der Waals surface area contributed by atoms with E-state index in [1.54, 1.807) is 18.2 Å². The van der Waals surface area contributed by atoms with Gasteiger partial charge in [0.15, 0.2) is 0 Å². The molecule has 2 atom stereocenters. The van der Waals surface area contributed by atoms with Crippen LogP contribution in [0.3, 0.4) is 0 Å². The Labute approximate surface area is 112 Å². The first-order chi connectivity index (χ1) is 9.15. The van der Waals surface area contributed by atoms with Crippen molar-refractivity contribution in [1.82, 2.24) is 4.90 Å². The van der Waals surface area contributed by atoms with Crippen LogP contribution in [0.25, 0.3) is 0 Å². The van der Waals surface area contributed by atoms with E-state index in [9.17, 15) is 10.1 Å². The van der Waals surface area contributed by atoms with Gasteiger partial charge in [-0.25, -0.2) is 0 Å². The Kier molecular flexibility index (Phi) is 3.14. The van der Waals surface area contributed by atoms with Gasteiger partial charge in [-0.05, 0) is 32.3 Å². The molecule has 1 aromatic rings. The summed E-state index contributed by atoms with van der Waals surface area (Å²) in [7, 11) is 0. The zero-order valence-electron chi connectivity index (χ0n) is 11.1. The Hall–Kier alpha value is -1.62. The topological polar surface area (TPSA) is 58.4 Å². The largest absolute Gasteiger partial charge is 0.375 e. The molecule has 0 amide bonds. The normalized spacial score (nSPS) is 27.4. The molecule has 1 saturated heterocycles. The van der Waals surface area contributed by atoms with E-state index in [4.69, 9.17) is 0 Å². The van der Waals surface area contributed by atoms with E-state index in [0.717, 1.165) is 19.0 Å². The van der Waals surface area contributed by atoms with Gasteiger partial charge in [-0.1, -0.05) is 12.1 Å². The molecule has 0 spiro atoms. The second-order valence-corrected chi connectivity index (χ2v) is 5.63. The fourth-order valence-corrected chi connectivity index (χ4v) is 3.05. The van der Waals surface area contributed by atoms with Crippen LogP contribution in [0.4, 0.5) is 11.4 Å². The number of hydrogen-bond donors (Lipinski definition) is 1. The quantitative estimate of drug-likeness (QED) is 0.668.